The highest BCUT2D eigenvalue weighted by Crippen LogP contribution is 2.27. The molecule has 1 aliphatic heterocycles. The molecule has 0 spiro atoms. The van der Waals surface area contributed by atoms with Crippen LogP contribution in [-0.4, -0.2) is 44.2 Å². The van der Waals surface area contributed by atoms with Gasteiger partial charge < -0.3 is 4.90 Å². The largest absolute Gasteiger partial charge is 0.342 e. The van der Waals surface area contributed by atoms with Crippen LogP contribution in [0.2, 0.25) is 0 Å². The monoisotopic (exact) mass is 384 g/mol. The van der Waals surface area contributed by atoms with Crippen LogP contribution in [0.15, 0.2) is 53.6 Å². The van der Waals surface area contributed by atoms with Gasteiger partial charge in [-0.3, -0.25) is 9.20 Å². The van der Waals surface area contributed by atoms with Crippen molar-refractivity contribution in [3.8, 4) is 0 Å². The van der Waals surface area contributed by atoms with Gasteiger partial charge in [-0.15, -0.1) is 22.0 Å². The van der Waals surface area contributed by atoms with Crippen LogP contribution in [0.1, 0.15) is 31.0 Å². The number of pyridine rings is 1. The summed E-state index contributed by atoms with van der Waals surface area (Å²) >= 11 is 1.58. The van der Waals surface area contributed by atoms with Gasteiger partial charge >= 0.3 is 0 Å². The standard InChI is InChI=1S/C20H21FN4OS/c21-16-6-8-17(9-7-16)27-13-10-19(26)24-11-3-4-15(14-24)20-23-22-18-5-1-2-12-25(18)20/h1-2,5-9,12,15H,3-4,10-11,13-14H2. The second-order valence-corrected chi connectivity index (χ2v) is 7.89. The van der Waals surface area contributed by atoms with Crippen molar-refractivity contribution in [3.63, 3.8) is 0 Å². The number of likely N-dealkylation sites (tertiary alicyclic amines) is 1. The topological polar surface area (TPSA) is 50.5 Å². The average molecular weight is 384 g/mol. The minimum Gasteiger partial charge on any atom is -0.342 e. The summed E-state index contributed by atoms with van der Waals surface area (Å²) in [5.41, 5.74) is 0.839. The molecule has 1 fully saturated rings. The minimum absolute atomic E-state index is 0.170. The van der Waals surface area contributed by atoms with E-state index in [0.29, 0.717) is 18.7 Å². The van der Waals surface area contributed by atoms with Crippen molar-refractivity contribution in [1.82, 2.24) is 19.5 Å². The fourth-order valence-corrected chi connectivity index (χ4v) is 4.34. The fraction of sp³-hybridized carbons (Fsp3) is 0.350. The van der Waals surface area contributed by atoms with Gasteiger partial charge in [0.1, 0.15) is 11.6 Å². The quantitative estimate of drug-likeness (QED) is 0.629. The molecule has 0 N–H and O–H groups in total. The van der Waals surface area contributed by atoms with Gasteiger partial charge in [-0.2, -0.15) is 0 Å². The van der Waals surface area contributed by atoms with Gasteiger partial charge in [-0.1, -0.05) is 6.07 Å². The Hall–Kier alpha value is -2.41. The lowest BCUT2D eigenvalue weighted by molar-refractivity contribution is -0.132. The number of carbonyl (C=O) groups excluding carboxylic acids is 1. The molecule has 4 rings (SSSR count). The first kappa shape index (κ1) is 18.0. The van der Waals surface area contributed by atoms with Crippen LogP contribution in [0.3, 0.4) is 0 Å². The maximum Gasteiger partial charge on any atom is 0.223 e. The van der Waals surface area contributed by atoms with E-state index in [1.165, 1.54) is 12.1 Å². The third-order valence-corrected chi connectivity index (χ3v) is 5.89. The van der Waals surface area contributed by atoms with E-state index in [2.05, 4.69) is 10.2 Å². The van der Waals surface area contributed by atoms with Gasteiger partial charge in [-0.05, 0) is 49.2 Å². The third kappa shape index (κ3) is 4.13. The van der Waals surface area contributed by atoms with Gasteiger partial charge in [0, 0.05) is 42.3 Å². The Bertz CT molecular complexity index is 927. The zero-order valence-corrected chi connectivity index (χ0v) is 15.7. The van der Waals surface area contributed by atoms with E-state index in [1.807, 2.05) is 33.7 Å². The zero-order valence-electron chi connectivity index (χ0n) is 14.9. The van der Waals surface area contributed by atoms with E-state index in [-0.39, 0.29) is 17.6 Å². The number of benzene rings is 1. The van der Waals surface area contributed by atoms with Gasteiger partial charge in [0.15, 0.2) is 5.65 Å². The molecule has 27 heavy (non-hydrogen) atoms. The van der Waals surface area contributed by atoms with Crippen molar-refractivity contribution in [1.29, 1.82) is 0 Å². The molecule has 1 aliphatic rings. The maximum absolute atomic E-state index is 12.9. The number of fused-ring (bicyclic) bond motifs is 1. The number of halogens is 1. The molecule has 5 nitrogen and oxygen atoms in total. The predicted octanol–water partition coefficient (Wildman–Crippen LogP) is 3.76. The van der Waals surface area contributed by atoms with Crippen molar-refractivity contribution in [2.45, 2.75) is 30.1 Å². The second kappa shape index (κ2) is 8.08. The molecule has 3 aromatic rings. The summed E-state index contributed by atoms with van der Waals surface area (Å²) in [6.45, 7) is 1.49. The van der Waals surface area contributed by atoms with Gasteiger partial charge in [0.25, 0.3) is 0 Å². The highest BCUT2D eigenvalue weighted by Gasteiger charge is 2.27. The number of carbonyl (C=O) groups is 1. The molecule has 1 aromatic carbocycles. The van der Waals surface area contributed by atoms with Crippen LogP contribution in [0, 0.1) is 5.82 Å². The fourth-order valence-electron chi connectivity index (χ4n) is 3.50. The maximum atomic E-state index is 12.9. The predicted molar refractivity (Wildman–Crippen MR) is 103 cm³/mol. The first-order valence-electron chi connectivity index (χ1n) is 9.16. The lowest BCUT2D eigenvalue weighted by Gasteiger charge is -2.32. The molecule has 1 saturated heterocycles. The summed E-state index contributed by atoms with van der Waals surface area (Å²) in [5.74, 6) is 1.77. The highest BCUT2D eigenvalue weighted by molar-refractivity contribution is 7.99. The Labute approximate surface area is 161 Å². The normalized spacial score (nSPS) is 17.4. The SMILES string of the molecule is O=C(CCSc1ccc(F)cc1)N1CCCC(c2nnc3ccccn23)C1. The third-order valence-electron chi connectivity index (χ3n) is 4.88. The molecule has 0 radical (unpaired) electrons. The number of aromatic nitrogens is 3. The van der Waals surface area contributed by atoms with Crippen molar-refractivity contribution in [3.05, 3.63) is 60.3 Å². The smallest absolute Gasteiger partial charge is 0.223 e. The molecular formula is C20H21FN4OS. The molecule has 140 valence electrons. The summed E-state index contributed by atoms with van der Waals surface area (Å²) in [4.78, 5) is 15.6. The van der Waals surface area contributed by atoms with E-state index in [1.54, 1.807) is 23.9 Å². The number of hydrogen-bond acceptors (Lipinski definition) is 4. The second-order valence-electron chi connectivity index (χ2n) is 6.72. The van der Waals surface area contributed by atoms with Crippen LogP contribution in [0.5, 0.6) is 0 Å². The van der Waals surface area contributed by atoms with Crippen LogP contribution in [-0.2, 0) is 4.79 Å². The van der Waals surface area contributed by atoms with Crippen LogP contribution >= 0.6 is 11.8 Å². The van der Waals surface area contributed by atoms with Crippen molar-refractivity contribution >= 4 is 23.3 Å². The van der Waals surface area contributed by atoms with Crippen LogP contribution < -0.4 is 0 Å². The van der Waals surface area contributed by atoms with Gasteiger partial charge in [0.05, 0.1) is 0 Å². The molecule has 0 saturated carbocycles. The van der Waals surface area contributed by atoms with Crippen molar-refractivity contribution in [2.24, 2.45) is 0 Å². The summed E-state index contributed by atoms with van der Waals surface area (Å²) < 4.78 is 15.0. The molecule has 3 heterocycles. The first-order valence-corrected chi connectivity index (χ1v) is 10.1. The molecule has 7 heteroatoms. The molecule has 0 bridgehead atoms. The number of nitrogens with zero attached hydrogens (tertiary/aromatic N) is 4. The molecular weight excluding hydrogens is 363 g/mol. The van der Waals surface area contributed by atoms with E-state index >= 15 is 0 Å². The lowest BCUT2D eigenvalue weighted by atomic mass is 9.97. The molecule has 2 aromatic heterocycles. The number of rotatable bonds is 5. The van der Waals surface area contributed by atoms with Crippen LogP contribution in [0.25, 0.3) is 5.65 Å². The van der Waals surface area contributed by atoms with Crippen molar-refractivity contribution in [2.75, 3.05) is 18.8 Å². The highest BCUT2D eigenvalue weighted by atomic mass is 32.2. The number of amides is 1. The van der Waals surface area contributed by atoms with E-state index in [9.17, 15) is 9.18 Å². The Morgan fingerprint density at radius 2 is 2.04 bits per heavy atom. The van der Waals surface area contributed by atoms with E-state index < -0.39 is 0 Å². The molecule has 1 amide bonds. The number of piperidine rings is 1. The van der Waals surface area contributed by atoms with E-state index in [4.69, 9.17) is 0 Å². The minimum atomic E-state index is -0.240. The summed E-state index contributed by atoms with van der Waals surface area (Å²) in [6, 6.07) is 12.2. The van der Waals surface area contributed by atoms with Gasteiger partial charge in [-0.25, -0.2) is 4.39 Å². The Morgan fingerprint density at radius 1 is 1.19 bits per heavy atom. The summed E-state index contributed by atoms with van der Waals surface area (Å²) in [6.07, 6.45) is 4.45. The average Bonchev–Trinajstić information content (AvgIpc) is 3.14. The zero-order chi connectivity index (χ0) is 18.6. The van der Waals surface area contributed by atoms with Crippen LogP contribution in [0.4, 0.5) is 4.39 Å². The number of hydrogen-bond donors (Lipinski definition) is 0. The Kier molecular flexibility index (Phi) is 5.38. The lowest BCUT2D eigenvalue weighted by Crippen LogP contribution is -2.39. The molecule has 0 aliphatic carbocycles. The summed E-state index contributed by atoms with van der Waals surface area (Å²) in [7, 11) is 0. The Balaban J connectivity index is 1.35. The summed E-state index contributed by atoms with van der Waals surface area (Å²) in [5, 5.41) is 8.59. The molecule has 1 unspecified atom stereocenters. The van der Waals surface area contributed by atoms with Gasteiger partial charge in [0.2, 0.25) is 5.91 Å². The van der Waals surface area contributed by atoms with Crippen molar-refractivity contribution < 1.29 is 9.18 Å². The van der Waals surface area contributed by atoms with E-state index in [0.717, 1.165) is 35.8 Å². The first-order chi connectivity index (χ1) is 13.2. The molecule has 1 atom stereocenters. The number of thioether (sulfide) groups is 1. The Morgan fingerprint density at radius 3 is 2.89 bits per heavy atom.